The molecule has 0 atom stereocenters. The topological polar surface area (TPSA) is 29.5 Å². The maximum atomic E-state index is 12.0. The number of hydrogen-bond acceptors (Lipinski definition) is 3. The van der Waals surface area contributed by atoms with Gasteiger partial charge in [0.25, 0.3) is 0 Å². The molecule has 0 radical (unpaired) electrons. The number of rotatable bonds is 6. The molecule has 0 saturated carbocycles. The molecular formula is C13H16F3NO2. The molecule has 6 heteroatoms. The molecule has 0 bridgehead atoms. The number of benzene rings is 1. The number of ether oxygens (including phenoxy) is 1. The Morgan fingerprint density at radius 1 is 1.26 bits per heavy atom. The van der Waals surface area contributed by atoms with Crippen molar-refractivity contribution in [1.82, 2.24) is 4.90 Å². The van der Waals surface area contributed by atoms with Gasteiger partial charge in [0.15, 0.2) is 5.78 Å². The highest BCUT2D eigenvalue weighted by Crippen LogP contribution is 2.19. The molecule has 0 saturated heterocycles. The zero-order valence-electron chi connectivity index (χ0n) is 10.8. The van der Waals surface area contributed by atoms with E-state index in [1.165, 1.54) is 19.1 Å². The Hall–Kier alpha value is -1.56. The smallest absolute Gasteiger partial charge is 0.390 e. The molecule has 0 aromatic heterocycles. The molecule has 0 aliphatic rings. The maximum Gasteiger partial charge on any atom is 0.390 e. The summed E-state index contributed by atoms with van der Waals surface area (Å²) in [6, 6.07) is 6.48. The Balaban J connectivity index is 2.49. The van der Waals surface area contributed by atoms with Crippen molar-refractivity contribution in [3.05, 3.63) is 29.8 Å². The third-order valence-electron chi connectivity index (χ3n) is 2.60. The van der Waals surface area contributed by atoms with E-state index in [0.29, 0.717) is 11.3 Å². The predicted octanol–water partition coefficient (Wildman–Crippen LogP) is 2.76. The van der Waals surface area contributed by atoms with Crippen molar-refractivity contribution in [3.63, 3.8) is 0 Å². The third-order valence-corrected chi connectivity index (χ3v) is 2.60. The van der Waals surface area contributed by atoms with Gasteiger partial charge in [0.1, 0.15) is 5.75 Å². The molecule has 3 nitrogen and oxygen atoms in total. The van der Waals surface area contributed by atoms with E-state index in [4.69, 9.17) is 4.74 Å². The van der Waals surface area contributed by atoms with Crippen molar-refractivity contribution in [3.8, 4) is 5.75 Å². The van der Waals surface area contributed by atoms with Crippen LogP contribution in [0.2, 0.25) is 0 Å². The second-order valence-corrected chi connectivity index (χ2v) is 4.25. The lowest BCUT2D eigenvalue weighted by Crippen LogP contribution is -2.29. The lowest BCUT2D eigenvalue weighted by Gasteiger charge is -2.16. The van der Waals surface area contributed by atoms with E-state index < -0.39 is 12.6 Å². The first kappa shape index (κ1) is 15.5. The van der Waals surface area contributed by atoms with Crippen LogP contribution in [0.25, 0.3) is 0 Å². The van der Waals surface area contributed by atoms with Crippen LogP contribution in [0.3, 0.4) is 0 Å². The summed E-state index contributed by atoms with van der Waals surface area (Å²) in [6.07, 6.45) is -5.11. The number of alkyl halides is 3. The molecule has 0 aliphatic carbocycles. The average Bonchev–Trinajstić information content (AvgIpc) is 2.35. The predicted molar refractivity (Wildman–Crippen MR) is 65.5 cm³/mol. The van der Waals surface area contributed by atoms with Crippen LogP contribution in [-0.2, 0) is 0 Å². The Kier molecular flexibility index (Phi) is 5.35. The summed E-state index contributed by atoms with van der Waals surface area (Å²) >= 11 is 0. The summed E-state index contributed by atoms with van der Waals surface area (Å²) in [5, 5.41) is 0. The first-order chi connectivity index (χ1) is 8.81. The second kappa shape index (κ2) is 6.56. The van der Waals surface area contributed by atoms with Gasteiger partial charge in [0, 0.05) is 12.1 Å². The molecule has 0 fully saturated rings. The molecule has 0 heterocycles. The van der Waals surface area contributed by atoms with Crippen LogP contribution in [0, 0.1) is 0 Å². The minimum Gasteiger partial charge on any atom is -0.497 e. The molecule has 0 spiro atoms. The number of ketones is 1. The van der Waals surface area contributed by atoms with Crippen LogP contribution in [0.4, 0.5) is 13.2 Å². The van der Waals surface area contributed by atoms with E-state index in [1.807, 2.05) is 0 Å². The summed E-state index contributed by atoms with van der Waals surface area (Å²) in [6.45, 7) is -0.228. The minimum absolute atomic E-state index is 0.0393. The standard InChI is InChI=1S/C13H16F3NO2/c1-17(8-7-13(14,15)16)9-12(18)10-3-5-11(19-2)6-4-10/h3-6H,7-9H2,1-2H3. The highest BCUT2D eigenvalue weighted by molar-refractivity contribution is 5.97. The highest BCUT2D eigenvalue weighted by atomic mass is 19.4. The molecule has 1 rings (SSSR count). The average molecular weight is 275 g/mol. The Morgan fingerprint density at radius 2 is 1.84 bits per heavy atom. The van der Waals surface area contributed by atoms with Gasteiger partial charge in [-0.25, -0.2) is 0 Å². The first-order valence-electron chi connectivity index (χ1n) is 5.74. The van der Waals surface area contributed by atoms with Crippen LogP contribution in [0.1, 0.15) is 16.8 Å². The number of Topliss-reactive ketones (excluding diaryl/α,β-unsaturated/α-hetero) is 1. The van der Waals surface area contributed by atoms with E-state index >= 15 is 0 Å². The van der Waals surface area contributed by atoms with Crippen molar-refractivity contribution >= 4 is 5.78 Å². The van der Waals surface area contributed by atoms with E-state index in [-0.39, 0.29) is 18.9 Å². The summed E-state index contributed by atoms with van der Waals surface area (Å²) in [4.78, 5) is 13.2. The molecule has 0 N–H and O–H groups in total. The van der Waals surface area contributed by atoms with Gasteiger partial charge in [-0.3, -0.25) is 9.69 Å². The molecule has 0 amide bonds. The van der Waals surface area contributed by atoms with Gasteiger partial charge in [-0.15, -0.1) is 0 Å². The lowest BCUT2D eigenvalue weighted by atomic mass is 10.1. The normalized spacial score (nSPS) is 11.7. The summed E-state index contributed by atoms with van der Waals surface area (Å²) < 4.78 is 41.1. The van der Waals surface area contributed by atoms with Crippen molar-refractivity contribution < 1.29 is 22.7 Å². The summed E-state index contributed by atoms with van der Waals surface area (Å²) in [5.41, 5.74) is 0.458. The van der Waals surface area contributed by atoms with Crippen molar-refractivity contribution in [2.75, 3.05) is 27.2 Å². The van der Waals surface area contributed by atoms with Gasteiger partial charge < -0.3 is 4.74 Å². The third kappa shape index (κ3) is 5.74. The lowest BCUT2D eigenvalue weighted by molar-refractivity contribution is -0.137. The number of carbonyl (C=O) groups is 1. The molecule has 0 unspecified atom stereocenters. The SMILES string of the molecule is COc1ccc(C(=O)CN(C)CCC(F)(F)F)cc1. The van der Waals surface area contributed by atoms with Crippen LogP contribution in [0.5, 0.6) is 5.75 Å². The molecule has 1 aromatic carbocycles. The van der Waals surface area contributed by atoms with E-state index in [9.17, 15) is 18.0 Å². The van der Waals surface area contributed by atoms with Gasteiger partial charge in [0.2, 0.25) is 0 Å². The monoisotopic (exact) mass is 275 g/mol. The van der Waals surface area contributed by atoms with E-state index in [0.717, 1.165) is 0 Å². The van der Waals surface area contributed by atoms with Gasteiger partial charge in [-0.1, -0.05) is 0 Å². The molecule has 0 aliphatic heterocycles. The Bertz CT molecular complexity index is 415. The van der Waals surface area contributed by atoms with Gasteiger partial charge in [-0.05, 0) is 31.3 Å². The Labute approximate surface area is 110 Å². The molecule has 1 aromatic rings. The number of carbonyl (C=O) groups excluding carboxylic acids is 1. The van der Waals surface area contributed by atoms with E-state index in [1.54, 1.807) is 24.3 Å². The zero-order valence-corrected chi connectivity index (χ0v) is 10.8. The van der Waals surface area contributed by atoms with Gasteiger partial charge in [0.05, 0.1) is 20.1 Å². The Morgan fingerprint density at radius 3 is 2.32 bits per heavy atom. The van der Waals surface area contributed by atoms with Crippen molar-refractivity contribution in [2.45, 2.75) is 12.6 Å². The number of nitrogens with zero attached hydrogens (tertiary/aromatic N) is 1. The van der Waals surface area contributed by atoms with Gasteiger partial charge in [-0.2, -0.15) is 13.2 Å². The fourth-order valence-electron chi connectivity index (χ4n) is 1.51. The number of likely N-dealkylation sites (N-methyl/N-ethyl adjacent to an activating group) is 1. The molecular weight excluding hydrogens is 259 g/mol. The van der Waals surface area contributed by atoms with Crippen LogP contribution >= 0.6 is 0 Å². The largest absolute Gasteiger partial charge is 0.497 e. The van der Waals surface area contributed by atoms with Crippen LogP contribution < -0.4 is 4.74 Å². The summed E-state index contributed by atoms with van der Waals surface area (Å²) in [5.74, 6) is 0.411. The molecule has 106 valence electrons. The molecule has 19 heavy (non-hydrogen) atoms. The van der Waals surface area contributed by atoms with Crippen molar-refractivity contribution in [2.24, 2.45) is 0 Å². The fourth-order valence-corrected chi connectivity index (χ4v) is 1.51. The quantitative estimate of drug-likeness (QED) is 0.748. The maximum absolute atomic E-state index is 12.0. The van der Waals surface area contributed by atoms with Crippen LogP contribution in [0.15, 0.2) is 24.3 Å². The fraction of sp³-hybridized carbons (Fsp3) is 0.462. The zero-order chi connectivity index (χ0) is 14.5. The first-order valence-corrected chi connectivity index (χ1v) is 5.74. The van der Waals surface area contributed by atoms with Gasteiger partial charge >= 0.3 is 6.18 Å². The number of methoxy groups -OCH3 is 1. The number of halogens is 3. The highest BCUT2D eigenvalue weighted by Gasteiger charge is 2.27. The van der Waals surface area contributed by atoms with E-state index in [2.05, 4.69) is 0 Å². The summed E-state index contributed by atoms with van der Waals surface area (Å²) in [7, 11) is 3.01. The van der Waals surface area contributed by atoms with Crippen LogP contribution in [-0.4, -0.2) is 44.1 Å². The minimum atomic E-state index is -4.20. The number of hydrogen-bond donors (Lipinski definition) is 0. The van der Waals surface area contributed by atoms with Crippen molar-refractivity contribution in [1.29, 1.82) is 0 Å². The second-order valence-electron chi connectivity index (χ2n) is 4.25.